The molecule has 0 aliphatic carbocycles. The molecule has 0 unspecified atom stereocenters. The fourth-order valence-corrected chi connectivity index (χ4v) is 3.46. The van der Waals surface area contributed by atoms with E-state index in [9.17, 15) is 4.79 Å². The number of carbonyl (C=O) groups excluding carboxylic acids is 1. The summed E-state index contributed by atoms with van der Waals surface area (Å²) in [6.07, 6.45) is 7.99. The van der Waals surface area contributed by atoms with Gasteiger partial charge in [0.15, 0.2) is 0 Å². The quantitative estimate of drug-likeness (QED) is 0.722. The van der Waals surface area contributed by atoms with E-state index in [1.807, 2.05) is 53.0 Å². The molecule has 4 heterocycles. The van der Waals surface area contributed by atoms with E-state index in [0.29, 0.717) is 6.42 Å². The van der Waals surface area contributed by atoms with Crippen LogP contribution in [0.3, 0.4) is 0 Å². The molecule has 0 N–H and O–H groups in total. The van der Waals surface area contributed by atoms with Crippen molar-refractivity contribution in [3.05, 3.63) is 65.9 Å². The predicted molar refractivity (Wildman–Crippen MR) is 99.7 cm³/mol. The Bertz CT molecular complexity index is 897. The van der Waals surface area contributed by atoms with Gasteiger partial charge in [-0.3, -0.25) is 14.7 Å². The van der Waals surface area contributed by atoms with Gasteiger partial charge in [0.1, 0.15) is 5.65 Å². The molecule has 0 bridgehead atoms. The van der Waals surface area contributed by atoms with E-state index in [4.69, 9.17) is 0 Å². The number of fused-ring (bicyclic) bond motifs is 1. The second kappa shape index (κ2) is 7.25. The number of carbonyl (C=O) groups is 1. The molecule has 1 saturated heterocycles. The van der Waals surface area contributed by atoms with E-state index in [2.05, 4.69) is 20.9 Å². The number of pyridine rings is 2. The molecule has 1 aliphatic heterocycles. The van der Waals surface area contributed by atoms with Crippen molar-refractivity contribution in [2.75, 3.05) is 26.2 Å². The first-order valence-corrected chi connectivity index (χ1v) is 9.01. The fraction of sp³-hybridized carbons (Fsp3) is 0.350. The normalized spacial score (nSPS) is 15.5. The molecule has 1 amide bonds. The number of imidazole rings is 1. The second-order valence-corrected chi connectivity index (χ2v) is 6.85. The van der Waals surface area contributed by atoms with E-state index >= 15 is 0 Å². The Morgan fingerprint density at radius 3 is 2.73 bits per heavy atom. The maximum absolute atomic E-state index is 12.6. The average Bonchev–Trinajstić information content (AvgIpc) is 3.07. The lowest BCUT2D eigenvalue weighted by atomic mass is 10.2. The van der Waals surface area contributed by atoms with Gasteiger partial charge in [0.05, 0.1) is 12.1 Å². The summed E-state index contributed by atoms with van der Waals surface area (Å²) in [6.45, 7) is 6.25. The van der Waals surface area contributed by atoms with Gasteiger partial charge < -0.3 is 9.30 Å². The van der Waals surface area contributed by atoms with Crippen LogP contribution in [0.15, 0.2) is 49.1 Å². The molecule has 134 valence electrons. The zero-order chi connectivity index (χ0) is 17.9. The number of nitrogens with zero attached hydrogens (tertiary/aromatic N) is 5. The summed E-state index contributed by atoms with van der Waals surface area (Å²) in [6, 6.07) is 8.09. The number of amides is 1. The summed E-state index contributed by atoms with van der Waals surface area (Å²) in [5.41, 5.74) is 4.10. The van der Waals surface area contributed by atoms with Gasteiger partial charge in [-0.05, 0) is 30.2 Å². The zero-order valence-corrected chi connectivity index (χ0v) is 15.0. The van der Waals surface area contributed by atoms with Gasteiger partial charge in [0, 0.05) is 57.5 Å². The zero-order valence-electron chi connectivity index (χ0n) is 15.0. The number of aromatic nitrogens is 3. The third kappa shape index (κ3) is 3.60. The smallest absolute Gasteiger partial charge is 0.228 e. The molecule has 1 aliphatic rings. The number of rotatable bonds is 4. The molecule has 3 aromatic rings. The first kappa shape index (κ1) is 16.7. The lowest BCUT2D eigenvalue weighted by Crippen LogP contribution is -2.48. The van der Waals surface area contributed by atoms with Crippen LogP contribution in [0, 0.1) is 6.92 Å². The number of hydrogen-bond donors (Lipinski definition) is 0. The minimum absolute atomic E-state index is 0.159. The standard InChI is InChI=1S/C20H23N5O/c1-16-4-3-7-25-15-18(22-20(16)25)12-19(26)24-10-8-23(9-11-24)14-17-5-2-6-21-13-17/h2-7,13,15H,8-12,14H2,1H3. The van der Waals surface area contributed by atoms with Crippen molar-refractivity contribution in [3.63, 3.8) is 0 Å². The van der Waals surface area contributed by atoms with Crippen molar-refractivity contribution in [1.29, 1.82) is 0 Å². The summed E-state index contributed by atoms with van der Waals surface area (Å²) in [5.74, 6) is 0.159. The van der Waals surface area contributed by atoms with Gasteiger partial charge >= 0.3 is 0 Å². The molecule has 26 heavy (non-hydrogen) atoms. The predicted octanol–water partition coefficient (Wildman–Crippen LogP) is 1.92. The van der Waals surface area contributed by atoms with Gasteiger partial charge in [-0.2, -0.15) is 0 Å². The van der Waals surface area contributed by atoms with Crippen molar-refractivity contribution in [2.45, 2.75) is 19.9 Å². The highest BCUT2D eigenvalue weighted by atomic mass is 16.2. The van der Waals surface area contributed by atoms with E-state index in [1.165, 1.54) is 5.56 Å². The monoisotopic (exact) mass is 349 g/mol. The molecular formula is C20H23N5O. The molecule has 0 saturated carbocycles. The van der Waals surface area contributed by atoms with Gasteiger partial charge in [0.2, 0.25) is 5.91 Å². The van der Waals surface area contributed by atoms with Crippen LogP contribution in [-0.2, 0) is 17.8 Å². The molecule has 0 radical (unpaired) electrons. The van der Waals surface area contributed by atoms with Gasteiger partial charge in [-0.1, -0.05) is 12.1 Å². The SMILES string of the molecule is Cc1cccn2cc(CC(=O)N3CCN(Cc4cccnc4)CC3)nc12. The van der Waals surface area contributed by atoms with Crippen LogP contribution in [0.2, 0.25) is 0 Å². The Labute approximate surface area is 153 Å². The summed E-state index contributed by atoms with van der Waals surface area (Å²) in [7, 11) is 0. The third-order valence-corrected chi connectivity index (χ3v) is 4.91. The second-order valence-electron chi connectivity index (χ2n) is 6.85. The highest BCUT2D eigenvalue weighted by molar-refractivity contribution is 5.78. The van der Waals surface area contributed by atoms with E-state index < -0.39 is 0 Å². The highest BCUT2D eigenvalue weighted by Crippen LogP contribution is 2.13. The Balaban J connectivity index is 1.33. The Hall–Kier alpha value is -2.73. The van der Waals surface area contributed by atoms with Crippen LogP contribution in [0.4, 0.5) is 0 Å². The summed E-state index contributed by atoms with van der Waals surface area (Å²) in [4.78, 5) is 25.7. The molecule has 0 aromatic carbocycles. The van der Waals surface area contributed by atoms with Gasteiger partial charge in [-0.25, -0.2) is 4.98 Å². The minimum atomic E-state index is 0.159. The van der Waals surface area contributed by atoms with Crippen LogP contribution >= 0.6 is 0 Å². The molecule has 4 rings (SSSR count). The Morgan fingerprint density at radius 1 is 1.15 bits per heavy atom. The molecular weight excluding hydrogens is 326 g/mol. The van der Waals surface area contributed by atoms with Crippen LogP contribution in [0.25, 0.3) is 5.65 Å². The molecule has 6 heteroatoms. The third-order valence-electron chi connectivity index (χ3n) is 4.91. The van der Waals surface area contributed by atoms with E-state index in [0.717, 1.165) is 49.6 Å². The van der Waals surface area contributed by atoms with Crippen molar-refractivity contribution in [1.82, 2.24) is 24.2 Å². The Kier molecular flexibility index (Phi) is 4.67. The van der Waals surface area contributed by atoms with Crippen LogP contribution < -0.4 is 0 Å². The first-order chi connectivity index (χ1) is 12.7. The lowest BCUT2D eigenvalue weighted by Gasteiger charge is -2.34. The largest absolute Gasteiger partial charge is 0.340 e. The molecule has 6 nitrogen and oxygen atoms in total. The Morgan fingerprint density at radius 2 is 2.00 bits per heavy atom. The number of piperazine rings is 1. The lowest BCUT2D eigenvalue weighted by molar-refractivity contribution is -0.132. The van der Waals surface area contributed by atoms with Crippen molar-refractivity contribution in [2.24, 2.45) is 0 Å². The van der Waals surface area contributed by atoms with Crippen molar-refractivity contribution < 1.29 is 4.79 Å². The summed E-state index contributed by atoms with van der Waals surface area (Å²) < 4.78 is 1.99. The van der Waals surface area contributed by atoms with E-state index in [1.54, 1.807) is 6.20 Å². The van der Waals surface area contributed by atoms with E-state index in [-0.39, 0.29) is 5.91 Å². The topological polar surface area (TPSA) is 53.7 Å². The molecule has 0 spiro atoms. The van der Waals surface area contributed by atoms with Crippen molar-refractivity contribution >= 4 is 11.6 Å². The van der Waals surface area contributed by atoms with Crippen LogP contribution in [0.5, 0.6) is 0 Å². The molecule has 3 aromatic heterocycles. The summed E-state index contributed by atoms with van der Waals surface area (Å²) in [5, 5.41) is 0. The first-order valence-electron chi connectivity index (χ1n) is 9.01. The highest BCUT2D eigenvalue weighted by Gasteiger charge is 2.22. The molecule has 0 atom stereocenters. The van der Waals surface area contributed by atoms with Crippen molar-refractivity contribution in [3.8, 4) is 0 Å². The van der Waals surface area contributed by atoms with Crippen LogP contribution in [0.1, 0.15) is 16.8 Å². The minimum Gasteiger partial charge on any atom is -0.340 e. The average molecular weight is 349 g/mol. The fourth-order valence-electron chi connectivity index (χ4n) is 3.46. The maximum atomic E-state index is 12.6. The summed E-state index contributed by atoms with van der Waals surface area (Å²) >= 11 is 0. The number of aryl methyl sites for hydroxylation is 1. The maximum Gasteiger partial charge on any atom is 0.228 e. The van der Waals surface area contributed by atoms with Crippen LogP contribution in [-0.4, -0.2) is 56.3 Å². The van der Waals surface area contributed by atoms with Gasteiger partial charge in [-0.15, -0.1) is 0 Å². The molecule has 1 fully saturated rings. The van der Waals surface area contributed by atoms with Gasteiger partial charge in [0.25, 0.3) is 0 Å². The number of hydrogen-bond acceptors (Lipinski definition) is 4.